The van der Waals surface area contributed by atoms with Crippen molar-refractivity contribution in [2.45, 2.75) is 23.5 Å². The standard InChI is InChI=1S/C19H23NO3S2/c1-15-8-9-17(23-2)19(14-15)25(21,22)20-11-10-18(24-13-12-20)16-6-4-3-5-7-16/h3-9,14,18H,10-13H2,1-2H3. The molecule has 0 aromatic heterocycles. The smallest absolute Gasteiger partial charge is 0.246 e. The largest absolute Gasteiger partial charge is 0.495 e. The van der Waals surface area contributed by atoms with Gasteiger partial charge in [-0.1, -0.05) is 36.4 Å². The Bertz CT molecular complexity index is 822. The van der Waals surface area contributed by atoms with Crippen molar-refractivity contribution >= 4 is 21.8 Å². The molecule has 0 saturated carbocycles. The average molecular weight is 378 g/mol. The summed E-state index contributed by atoms with van der Waals surface area (Å²) in [5.41, 5.74) is 2.17. The van der Waals surface area contributed by atoms with E-state index >= 15 is 0 Å². The highest BCUT2D eigenvalue weighted by molar-refractivity contribution is 7.99. The quantitative estimate of drug-likeness (QED) is 0.811. The first-order chi connectivity index (χ1) is 12.0. The maximum atomic E-state index is 13.2. The first kappa shape index (κ1) is 18.3. The fraction of sp³-hybridized carbons (Fsp3) is 0.368. The number of sulfonamides is 1. The first-order valence-electron chi connectivity index (χ1n) is 8.33. The Labute approximate surface area is 154 Å². The lowest BCUT2D eigenvalue weighted by Crippen LogP contribution is -2.33. The number of thioether (sulfide) groups is 1. The van der Waals surface area contributed by atoms with Crippen LogP contribution in [0.2, 0.25) is 0 Å². The number of hydrogen-bond acceptors (Lipinski definition) is 4. The second-order valence-electron chi connectivity index (χ2n) is 6.12. The van der Waals surface area contributed by atoms with Crippen molar-refractivity contribution < 1.29 is 13.2 Å². The van der Waals surface area contributed by atoms with Crippen LogP contribution in [0.15, 0.2) is 53.4 Å². The van der Waals surface area contributed by atoms with E-state index in [0.29, 0.717) is 24.1 Å². The maximum absolute atomic E-state index is 13.2. The van der Waals surface area contributed by atoms with Crippen LogP contribution >= 0.6 is 11.8 Å². The van der Waals surface area contributed by atoms with Crippen molar-refractivity contribution in [1.29, 1.82) is 0 Å². The lowest BCUT2D eigenvalue weighted by molar-refractivity contribution is 0.392. The summed E-state index contributed by atoms with van der Waals surface area (Å²) in [6, 6.07) is 15.6. The monoisotopic (exact) mass is 377 g/mol. The molecule has 0 bridgehead atoms. The molecule has 3 rings (SSSR count). The zero-order chi connectivity index (χ0) is 17.9. The summed E-state index contributed by atoms with van der Waals surface area (Å²) in [6.07, 6.45) is 0.808. The van der Waals surface area contributed by atoms with Gasteiger partial charge in [0.1, 0.15) is 10.6 Å². The molecule has 1 saturated heterocycles. The molecule has 1 fully saturated rings. The average Bonchev–Trinajstić information content (AvgIpc) is 2.89. The zero-order valence-corrected chi connectivity index (χ0v) is 16.1. The van der Waals surface area contributed by atoms with Gasteiger partial charge in [-0.05, 0) is 36.6 Å². The van der Waals surface area contributed by atoms with E-state index in [0.717, 1.165) is 17.7 Å². The van der Waals surface area contributed by atoms with Crippen LogP contribution in [-0.2, 0) is 10.0 Å². The molecular formula is C19H23NO3S2. The van der Waals surface area contributed by atoms with Crippen LogP contribution in [0.3, 0.4) is 0 Å². The number of benzene rings is 2. The normalized spacial score (nSPS) is 19.4. The Morgan fingerprint density at radius 1 is 1.12 bits per heavy atom. The molecule has 4 nitrogen and oxygen atoms in total. The third-order valence-corrected chi connectivity index (χ3v) is 7.66. The number of ether oxygens (including phenoxy) is 1. The third kappa shape index (κ3) is 4.02. The second kappa shape index (κ2) is 7.81. The van der Waals surface area contributed by atoms with Gasteiger partial charge in [-0.25, -0.2) is 8.42 Å². The van der Waals surface area contributed by atoms with E-state index in [1.54, 1.807) is 16.4 Å². The predicted molar refractivity (Wildman–Crippen MR) is 103 cm³/mol. The molecule has 25 heavy (non-hydrogen) atoms. The Hall–Kier alpha value is -1.50. The molecule has 1 aliphatic heterocycles. The van der Waals surface area contributed by atoms with Gasteiger partial charge in [-0.15, -0.1) is 0 Å². The van der Waals surface area contributed by atoms with Crippen molar-refractivity contribution in [2.24, 2.45) is 0 Å². The Kier molecular flexibility index (Phi) is 5.71. The summed E-state index contributed by atoms with van der Waals surface area (Å²) in [4.78, 5) is 0.262. The van der Waals surface area contributed by atoms with Crippen LogP contribution in [0.4, 0.5) is 0 Å². The van der Waals surface area contributed by atoms with Gasteiger partial charge in [0.05, 0.1) is 7.11 Å². The van der Waals surface area contributed by atoms with Gasteiger partial charge in [0.2, 0.25) is 10.0 Å². The second-order valence-corrected chi connectivity index (χ2v) is 9.33. The van der Waals surface area contributed by atoms with Crippen LogP contribution in [0.25, 0.3) is 0 Å². The molecule has 0 amide bonds. The predicted octanol–water partition coefficient (Wildman–Crippen LogP) is 3.87. The molecule has 1 unspecified atom stereocenters. The highest BCUT2D eigenvalue weighted by Crippen LogP contribution is 2.36. The highest BCUT2D eigenvalue weighted by atomic mass is 32.2. The van der Waals surface area contributed by atoms with Crippen molar-refractivity contribution in [3.8, 4) is 5.75 Å². The van der Waals surface area contributed by atoms with E-state index in [1.165, 1.54) is 12.7 Å². The SMILES string of the molecule is COc1ccc(C)cc1S(=O)(=O)N1CCSC(c2ccccc2)CC1. The van der Waals surface area contributed by atoms with Gasteiger partial charge in [0.15, 0.2) is 0 Å². The molecule has 0 N–H and O–H groups in total. The summed E-state index contributed by atoms with van der Waals surface area (Å²) < 4.78 is 33.2. The molecule has 134 valence electrons. The van der Waals surface area contributed by atoms with Crippen LogP contribution in [-0.4, -0.2) is 38.7 Å². The molecule has 1 atom stereocenters. The van der Waals surface area contributed by atoms with E-state index in [9.17, 15) is 8.42 Å². The van der Waals surface area contributed by atoms with Crippen molar-refractivity contribution in [1.82, 2.24) is 4.31 Å². The van der Waals surface area contributed by atoms with Crippen LogP contribution in [0, 0.1) is 6.92 Å². The molecule has 1 aliphatic rings. The van der Waals surface area contributed by atoms with E-state index in [2.05, 4.69) is 12.1 Å². The van der Waals surface area contributed by atoms with Gasteiger partial charge in [-0.3, -0.25) is 0 Å². The molecule has 2 aromatic rings. The van der Waals surface area contributed by atoms with Crippen molar-refractivity contribution in [3.05, 3.63) is 59.7 Å². The maximum Gasteiger partial charge on any atom is 0.246 e. The van der Waals surface area contributed by atoms with Crippen LogP contribution in [0.1, 0.15) is 22.8 Å². The first-order valence-corrected chi connectivity index (χ1v) is 10.8. The summed E-state index contributed by atoms with van der Waals surface area (Å²) in [7, 11) is -2.05. The number of hydrogen-bond donors (Lipinski definition) is 0. The number of nitrogens with zero attached hydrogens (tertiary/aromatic N) is 1. The number of methoxy groups -OCH3 is 1. The summed E-state index contributed by atoms with van der Waals surface area (Å²) in [5.74, 6) is 1.19. The number of aryl methyl sites for hydroxylation is 1. The van der Waals surface area contributed by atoms with Gasteiger partial charge in [0.25, 0.3) is 0 Å². The molecule has 6 heteroatoms. The van der Waals surface area contributed by atoms with Crippen LogP contribution < -0.4 is 4.74 Å². The minimum atomic E-state index is -3.56. The topological polar surface area (TPSA) is 46.6 Å². The van der Waals surface area contributed by atoms with Gasteiger partial charge >= 0.3 is 0 Å². The molecule has 0 radical (unpaired) electrons. The van der Waals surface area contributed by atoms with E-state index in [1.807, 2.05) is 43.0 Å². The minimum Gasteiger partial charge on any atom is -0.495 e. The Balaban J connectivity index is 1.83. The van der Waals surface area contributed by atoms with E-state index in [4.69, 9.17) is 4.74 Å². The summed E-state index contributed by atoms with van der Waals surface area (Å²) >= 11 is 1.83. The van der Waals surface area contributed by atoms with Crippen molar-refractivity contribution in [3.63, 3.8) is 0 Å². The lowest BCUT2D eigenvalue weighted by Gasteiger charge is -2.21. The fourth-order valence-electron chi connectivity index (χ4n) is 3.05. The van der Waals surface area contributed by atoms with Gasteiger partial charge in [0, 0.05) is 24.1 Å². The minimum absolute atomic E-state index is 0.262. The Morgan fingerprint density at radius 3 is 2.60 bits per heavy atom. The number of rotatable bonds is 4. The molecule has 0 aliphatic carbocycles. The summed E-state index contributed by atoms with van der Waals surface area (Å²) in [6.45, 7) is 2.93. The molecule has 0 spiro atoms. The highest BCUT2D eigenvalue weighted by Gasteiger charge is 2.30. The zero-order valence-electron chi connectivity index (χ0n) is 14.5. The summed E-state index contributed by atoms with van der Waals surface area (Å²) in [5, 5.41) is 0.334. The van der Waals surface area contributed by atoms with Crippen molar-refractivity contribution in [2.75, 3.05) is 26.0 Å². The molecule has 1 heterocycles. The van der Waals surface area contributed by atoms with Gasteiger partial charge < -0.3 is 4.74 Å². The van der Waals surface area contributed by atoms with Crippen LogP contribution in [0.5, 0.6) is 5.75 Å². The molecule has 2 aromatic carbocycles. The third-order valence-electron chi connectivity index (χ3n) is 4.41. The lowest BCUT2D eigenvalue weighted by atomic mass is 10.1. The van der Waals surface area contributed by atoms with E-state index in [-0.39, 0.29) is 4.90 Å². The van der Waals surface area contributed by atoms with Gasteiger partial charge in [-0.2, -0.15) is 16.1 Å². The Morgan fingerprint density at radius 2 is 1.88 bits per heavy atom. The van der Waals surface area contributed by atoms with E-state index < -0.39 is 10.0 Å². The fourth-order valence-corrected chi connectivity index (χ4v) is 6.09. The molecular weight excluding hydrogens is 354 g/mol.